The second-order valence-corrected chi connectivity index (χ2v) is 5.11. The molecule has 0 atom stereocenters. The summed E-state index contributed by atoms with van der Waals surface area (Å²) in [5, 5.41) is 2.89. The van der Waals surface area contributed by atoms with Gasteiger partial charge in [-0.1, -0.05) is 12.1 Å². The minimum Gasteiger partial charge on any atom is -0.374 e. The Kier molecular flexibility index (Phi) is 5.99. The first-order chi connectivity index (χ1) is 8.98. The summed E-state index contributed by atoms with van der Waals surface area (Å²) >= 11 is 0. The molecule has 1 aromatic carbocycles. The lowest BCUT2D eigenvalue weighted by atomic mass is 10.1. The molecule has 19 heavy (non-hydrogen) atoms. The van der Waals surface area contributed by atoms with E-state index in [9.17, 15) is 4.79 Å². The normalized spacial score (nSPS) is 11.4. The van der Waals surface area contributed by atoms with Gasteiger partial charge in [0.25, 0.3) is 5.91 Å². The number of nitrogens with one attached hydrogen (secondary N) is 1. The third-order valence-electron chi connectivity index (χ3n) is 2.86. The summed E-state index contributed by atoms with van der Waals surface area (Å²) in [6, 6.07) is 7.53. The third-order valence-corrected chi connectivity index (χ3v) is 2.86. The van der Waals surface area contributed by atoms with Crippen molar-refractivity contribution in [1.29, 1.82) is 0 Å². The lowest BCUT2D eigenvalue weighted by molar-refractivity contribution is -0.00815. The summed E-state index contributed by atoms with van der Waals surface area (Å²) in [4.78, 5) is 12.0. The lowest BCUT2D eigenvalue weighted by Crippen LogP contribution is -2.40. The largest absolute Gasteiger partial charge is 0.374 e. The molecule has 0 bridgehead atoms. The fourth-order valence-electron chi connectivity index (χ4n) is 1.83. The van der Waals surface area contributed by atoms with Crippen LogP contribution >= 0.6 is 0 Å². The molecule has 0 aliphatic heterocycles. The van der Waals surface area contributed by atoms with Crippen molar-refractivity contribution in [3.63, 3.8) is 0 Å². The summed E-state index contributed by atoms with van der Waals surface area (Å²) in [5.74, 6) is -0.0768. The van der Waals surface area contributed by atoms with Crippen molar-refractivity contribution in [3.8, 4) is 0 Å². The Balaban J connectivity index is 2.53. The molecule has 1 rings (SSSR count). The molecule has 0 aromatic heterocycles. The number of carbonyl (C=O) groups is 1. The molecule has 0 saturated carbocycles. The van der Waals surface area contributed by atoms with Gasteiger partial charge in [-0.05, 0) is 51.4 Å². The maximum Gasteiger partial charge on any atom is 0.251 e. The molecule has 0 unspecified atom stereocenters. The van der Waals surface area contributed by atoms with Crippen LogP contribution in [0.15, 0.2) is 24.3 Å². The average Bonchev–Trinajstić information content (AvgIpc) is 2.37. The highest BCUT2D eigenvalue weighted by Gasteiger charge is 2.18. The van der Waals surface area contributed by atoms with Gasteiger partial charge in [0.2, 0.25) is 0 Å². The molecule has 0 aliphatic rings. The molecule has 0 spiro atoms. The average molecular weight is 264 g/mol. The van der Waals surface area contributed by atoms with Gasteiger partial charge in [-0.3, -0.25) is 4.79 Å². The quantitative estimate of drug-likeness (QED) is 0.788. The molecule has 4 heteroatoms. The van der Waals surface area contributed by atoms with Crippen molar-refractivity contribution in [2.45, 2.75) is 32.8 Å². The van der Waals surface area contributed by atoms with Gasteiger partial charge in [0.15, 0.2) is 0 Å². The van der Waals surface area contributed by atoms with Crippen LogP contribution in [0.5, 0.6) is 0 Å². The maximum atomic E-state index is 12.0. The fourth-order valence-corrected chi connectivity index (χ4v) is 1.83. The van der Waals surface area contributed by atoms with Crippen molar-refractivity contribution in [2.75, 3.05) is 19.7 Å². The second-order valence-electron chi connectivity index (χ2n) is 5.11. The highest BCUT2D eigenvalue weighted by molar-refractivity contribution is 5.94. The smallest absolute Gasteiger partial charge is 0.251 e. The first-order valence-electron chi connectivity index (χ1n) is 6.69. The number of hydrogen-bond acceptors (Lipinski definition) is 3. The van der Waals surface area contributed by atoms with Crippen molar-refractivity contribution in [3.05, 3.63) is 35.4 Å². The molecule has 0 aliphatic carbocycles. The van der Waals surface area contributed by atoms with Gasteiger partial charge in [0.05, 0.1) is 5.60 Å². The number of carbonyl (C=O) groups excluding carboxylic acids is 1. The van der Waals surface area contributed by atoms with Crippen LogP contribution < -0.4 is 11.1 Å². The summed E-state index contributed by atoms with van der Waals surface area (Å²) in [6.07, 6.45) is 0.833. The Morgan fingerprint density at radius 1 is 1.32 bits per heavy atom. The van der Waals surface area contributed by atoms with Crippen LogP contribution in [-0.2, 0) is 11.2 Å². The number of amides is 1. The molecule has 0 saturated heterocycles. The van der Waals surface area contributed by atoms with Crippen molar-refractivity contribution >= 4 is 5.91 Å². The van der Waals surface area contributed by atoms with E-state index in [-0.39, 0.29) is 11.5 Å². The molecular formula is C15H24N2O2. The lowest BCUT2D eigenvalue weighted by Gasteiger charge is -2.24. The standard InChI is InChI=1S/C15H24N2O2/c1-4-19-15(2,3)11-17-14(18)13-7-5-12(6-8-13)9-10-16/h5-8H,4,9-11,16H2,1-3H3,(H,17,18). The summed E-state index contributed by atoms with van der Waals surface area (Å²) in [7, 11) is 0. The summed E-state index contributed by atoms with van der Waals surface area (Å²) < 4.78 is 5.54. The Hall–Kier alpha value is -1.39. The highest BCUT2D eigenvalue weighted by Crippen LogP contribution is 2.08. The zero-order chi connectivity index (χ0) is 14.3. The number of hydrogen-bond donors (Lipinski definition) is 2. The van der Waals surface area contributed by atoms with Gasteiger partial charge in [0, 0.05) is 18.7 Å². The number of benzene rings is 1. The van der Waals surface area contributed by atoms with E-state index < -0.39 is 0 Å². The predicted molar refractivity (Wildman–Crippen MR) is 77.2 cm³/mol. The molecule has 0 fully saturated rings. The van der Waals surface area contributed by atoms with Crippen LogP contribution in [0.3, 0.4) is 0 Å². The number of nitrogens with two attached hydrogens (primary N) is 1. The fraction of sp³-hybridized carbons (Fsp3) is 0.533. The van der Waals surface area contributed by atoms with Crippen molar-refractivity contribution < 1.29 is 9.53 Å². The molecule has 106 valence electrons. The first-order valence-corrected chi connectivity index (χ1v) is 6.69. The van der Waals surface area contributed by atoms with E-state index in [0.29, 0.717) is 25.3 Å². The van der Waals surface area contributed by atoms with Crippen LogP contribution in [0, 0.1) is 0 Å². The summed E-state index contributed by atoms with van der Waals surface area (Å²) in [5.41, 5.74) is 6.95. The van der Waals surface area contributed by atoms with Gasteiger partial charge in [-0.15, -0.1) is 0 Å². The van der Waals surface area contributed by atoms with Crippen LogP contribution in [-0.4, -0.2) is 31.2 Å². The topological polar surface area (TPSA) is 64.3 Å². The minimum absolute atomic E-state index is 0.0768. The van der Waals surface area contributed by atoms with Crippen LogP contribution in [0.4, 0.5) is 0 Å². The molecule has 0 radical (unpaired) electrons. The van der Waals surface area contributed by atoms with E-state index in [1.54, 1.807) is 0 Å². The first kappa shape index (κ1) is 15.7. The van der Waals surface area contributed by atoms with E-state index in [1.807, 2.05) is 45.0 Å². The highest BCUT2D eigenvalue weighted by atomic mass is 16.5. The molecule has 1 aromatic rings. The Labute approximate surface area is 115 Å². The summed E-state index contributed by atoms with van der Waals surface area (Å²) in [6.45, 7) is 7.61. The van der Waals surface area contributed by atoms with Gasteiger partial charge >= 0.3 is 0 Å². The van der Waals surface area contributed by atoms with Crippen molar-refractivity contribution in [2.24, 2.45) is 5.73 Å². The van der Waals surface area contributed by atoms with Crippen LogP contribution in [0.25, 0.3) is 0 Å². The zero-order valence-corrected chi connectivity index (χ0v) is 12.0. The Morgan fingerprint density at radius 2 is 1.95 bits per heavy atom. The number of rotatable bonds is 7. The predicted octanol–water partition coefficient (Wildman–Crippen LogP) is 1.73. The molecule has 4 nitrogen and oxygen atoms in total. The Morgan fingerprint density at radius 3 is 2.47 bits per heavy atom. The van der Waals surface area contributed by atoms with Crippen LogP contribution in [0.1, 0.15) is 36.7 Å². The van der Waals surface area contributed by atoms with Gasteiger partial charge < -0.3 is 15.8 Å². The van der Waals surface area contributed by atoms with E-state index in [4.69, 9.17) is 10.5 Å². The third kappa shape index (κ3) is 5.41. The molecule has 0 heterocycles. The molecule has 1 amide bonds. The monoisotopic (exact) mass is 264 g/mol. The van der Waals surface area contributed by atoms with E-state index in [0.717, 1.165) is 12.0 Å². The van der Waals surface area contributed by atoms with E-state index >= 15 is 0 Å². The van der Waals surface area contributed by atoms with Crippen molar-refractivity contribution in [1.82, 2.24) is 5.32 Å². The molecule has 3 N–H and O–H groups in total. The maximum absolute atomic E-state index is 12.0. The molecular weight excluding hydrogens is 240 g/mol. The number of ether oxygens (including phenoxy) is 1. The van der Waals surface area contributed by atoms with Gasteiger partial charge in [-0.2, -0.15) is 0 Å². The minimum atomic E-state index is -0.343. The van der Waals surface area contributed by atoms with Gasteiger partial charge in [-0.25, -0.2) is 0 Å². The second kappa shape index (κ2) is 7.26. The SMILES string of the molecule is CCOC(C)(C)CNC(=O)c1ccc(CCN)cc1. The van der Waals surface area contributed by atoms with Crippen LogP contribution in [0.2, 0.25) is 0 Å². The Bertz CT molecular complexity index is 399. The zero-order valence-electron chi connectivity index (χ0n) is 12.0. The van der Waals surface area contributed by atoms with E-state index in [2.05, 4.69) is 5.32 Å². The van der Waals surface area contributed by atoms with Gasteiger partial charge in [0.1, 0.15) is 0 Å². The van der Waals surface area contributed by atoms with E-state index in [1.165, 1.54) is 0 Å².